The minimum Gasteiger partial charge on any atom is -0.402 e. The van der Waals surface area contributed by atoms with Crippen LogP contribution in [0.5, 0.6) is 0 Å². The Morgan fingerprint density at radius 1 is 1.67 bits per heavy atom. The lowest BCUT2D eigenvalue weighted by atomic mass is 9.82. The van der Waals surface area contributed by atoms with Gasteiger partial charge in [-0.15, -0.1) is 6.58 Å². The fraction of sp³-hybridized carbons (Fsp3) is 0.455. The van der Waals surface area contributed by atoms with Crippen LogP contribution in [0.4, 0.5) is 0 Å². The molecular weight excluding hydrogens is 146 g/mol. The molecule has 2 unspecified atom stereocenters. The van der Waals surface area contributed by atoms with Crippen molar-refractivity contribution in [2.75, 3.05) is 0 Å². The van der Waals surface area contributed by atoms with Crippen LogP contribution in [0.1, 0.15) is 19.8 Å². The molecule has 0 saturated carbocycles. The summed E-state index contributed by atoms with van der Waals surface area (Å²) in [4.78, 5) is 0. The van der Waals surface area contributed by atoms with Gasteiger partial charge in [0.1, 0.15) is 0 Å². The first-order valence-corrected chi connectivity index (χ1v) is 4.40. The number of allylic oxidation sites excluding steroid dienone is 3. The third kappa shape index (κ3) is 1.79. The van der Waals surface area contributed by atoms with Gasteiger partial charge in [-0.05, 0) is 25.7 Å². The maximum absolute atomic E-state index is 5.65. The Hall–Kier alpha value is -0.980. The van der Waals surface area contributed by atoms with Gasteiger partial charge in [0.05, 0.1) is 0 Å². The maximum Gasteiger partial charge on any atom is 0.0161 e. The van der Waals surface area contributed by atoms with Gasteiger partial charge >= 0.3 is 0 Å². The van der Waals surface area contributed by atoms with Crippen molar-refractivity contribution in [1.29, 1.82) is 0 Å². The van der Waals surface area contributed by atoms with Crippen molar-refractivity contribution in [1.82, 2.24) is 0 Å². The number of hydrogen-bond acceptors (Lipinski definition) is 1. The molecule has 0 aromatic carbocycles. The second-order valence-corrected chi connectivity index (χ2v) is 3.51. The van der Waals surface area contributed by atoms with Gasteiger partial charge in [0.15, 0.2) is 0 Å². The fourth-order valence-corrected chi connectivity index (χ4v) is 1.71. The maximum atomic E-state index is 5.65. The van der Waals surface area contributed by atoms with Gasteiger partial charge in [-0.2, -0.15) is 0 Å². The van der Waals surface area contributed by atoms with Crippen LogP contribution < -0.4 is 5.73 Å². The second kappa shape index (κ2) is 3.61. The van der Waals surface area contributed by atoms with Gasteiger partial charge in [-0.3, -0.25) is 0 Å². The molecule has 0 radical (unpaired) electrons. The van der Waals surface area contributed by atoms with Crippen molar-refractivity contribution >= 4 is 0 Å². The third-order valence-corrected chi connectivity index (χ3v) is 2.60. The minimum atomic E-state index is 0.390. The predicted molar refractivity (Wildman–Crippen MR) is 53.5 cm³/mol. The van der Waals surface area contributed by atoms with E-state index >= 15 is 0 Å². The van der Waals surface area contributed by atoms with Crippen molar-refractivity contribution in [3.05, 3.63) is 36.6 Å². The predicted octanol–water partition coefficient (Wildman–Crippen LogP) is 2.62. The third-order valence-electron chi connectivity index (χ3n) is 2.60. The summed E-state index contributed by atoms with van der Waals surface area (Å²) in [6, 6.07) is 0. The molecular formula is C11H17N. The van der Waals surface area contributed by atoms with E-state index in [1.807, 2.05) is 6.08 Å². The molecule has 2 N–H and O–H groups in total. The molecule has 12 heavy (non-hydrogen) atoms. The van der Waals surface area contributed by atoms with E-state index in [1.54, 1.807) is 0 Å². The minimum absolute atomic E-state index is 0.390. The highest BCUT2D eigenvalue weighted by molar-refractivity contribution is 5.19. The van der Waals surface area contributed by atoms with E-state index in [4.69, 9.17) is 5.73 Å². The molecule has 1 aliphatic rings. The van der Waals surface area contributed by atoms with E-state index in [0.29, 0.717) is 11.8 Å². The lowest BCUT2D eigenvalue weighted by Gasteiger charge is -2.24. The van der Waals surface area contributed by atoms with Gasteiger partial charge in [0.2, 0.25) is 0 Å². The summed E-state index contributed by atoms with van der Waals surface area (Å²) in [5, 5.41) is 0. The SMILES string of the molecule is C=CC1CCC(C(=C)N)C=C1C. The molecule has 1 aliphatic carbocycles. The molecule has 0 saturated heterocycles. The molecule has 0 amide bonds. The molecule has 0 fully saturated rings. The van der Waals surface area contributed by atoms with Crippen LogP contribution in [0.15, 0.2) is 36.6 Å². The number of nitrogens with two attached hydrogens (primary N) is 1. The summed E-state index contributed by atoms with van der Waals surface area (Å²) in [7, 11) is 0. The average molecular weight is 163 g/mol. The Morgan fingerprint density at radius 2 is 2.33 bits per heavy atom. The summed E-state index contributed by atoms with van der Waals surface area (Å²) >= 11 is 0. The summed E-state index contributed by atoms with van der Waals surface area (Å²) in [6.45, 7) is 9.72. The van der Waals surface area contributed by atoms with Gasteiger partial charge in [-0.25, -0.2) is 0 Å². The first kappa shape index (κ1) is 9.11. The molecule has 0 aliphatic heterocycles. The first-order valence-electron chi connectivity index (χ1n) is 4.40. The van der Waals surface area contributed by atoms with Crippen molar-refractivity contribution in [2.24, 2.45) is 17.6 Å². The van der Waals surface area contributed by atoms with Crippen LogP contribution in [-0.4, -0.2) is 0 Å². The van der Waals surface area contributed by atoms with Crippen molar-refractivity contribution in [3.63, 3.8) is 0 Å². The zero-order chi connectivity index (χ0) is 9.14. The number of rotatable bonds is 2. The fourth-order valence-electron chi connectivity index (χ4n) is 1.71. The zero-order valence-electron chi connectivity index (χ0n) is 7.72. The van der Waals surface area contributed by atoms with Crippen LogP contribution in [0, 0.1) is 11.8 Å². The lowest BCUT2D eigenvalue weighted by molar-refractivity contribution is 0.521. The molecule has 0 aromatic rings. The molecule has 1 nitrogen and oxygen atoms in total. The molecule has 1 heteroatoms. The smallest absolute Gasteiger partial charge is 0.0161 e. The van der Waals surface area contributed by atoms with E-state index < -0.39 is 0 Å². The van der Waals surface area contributed by atoms with E-state index in [9.17, 15) is 0 Å². The molecule has 66 valence electrons. The van der Waals surface area contributed by atoms with Crippen molar-refractivity contribution in [2.45, 2.75) is 19.8 Å². The van der Waals surface area contributed by atoms with Crippen LogP contribution >= 0.6 is 0 Å². The molecule has 0 heterocycles. The highest BCUT2D eigenvalue weighted by atomic mass is 14.6. The monoisotopic (exact) mass is 163 g/mol. The Kier molecular flexibility index (Phi) is 2.74. The normalized spacial score (nSPS) is 29.2. The molecule has 0 bridgehead atoms. The molecule has 2 atom stereocenters. The molecule has 0 aromatic heterocycles. The Labute approximate surface area is 74.7 Å². The Morgan fingerprint density at radius 3 is 2.75 bits per heavy atom. The Bertz CT molecular complexity index is 225. The van der Waals surface area contributed by atoms with Gasteiger partial charge in [0, 0.05) is 11.6 Å². The number of hydrogen-bond donors (Lipinski definition) is 1. The van der Waals surface area contributed by atoms with Crippen LogP contribution in [0.25, 0.3) is 0 Å². The van der Waals surface area contributed by atoms with E-state index in [2.05, 4.69) is 26.2 Å². The topological polar surface area (TPSA) is 26.0 Å². The average Bonchev–Trinajstić information content (AvgIpc) is 2.04. The largest absolute Gasteiger partial charge is 0.402 e. The van der Waals surface area contributed by atoms with E-state index in [-0.39, 0.29) is 0 Å². The molecule has 0 spiro atoms. The van der Waals surface area contributed by atoms with Crippen molar-refractivity contribution in [3.8, 4) is 0 Å². The molecule has 1 rings (SSSR count). The highest BCUT2D eigenvalue weighted by Gasteiger charge is 2.18. The summed E-state index contributed by atoms with van der Waals surface area (Å²) in [5.41, 5.74) is 7.82. The van der Waals surface area contributed by atoms with E-state index in [0.717, 1.165) is 18.5 Å². The second-order valence-electron chi connectivity index (χ2n) is 3.51. The van der Waals surface area contributed by atoms with Gasteiger partial charge < -0.3 is 5.73 Å². The highest BCUT2D eigenvalue weighted by Crippen LogP contribution is 2.30. The van der Waals surface area contributed by atoms with Gasteiger partial charge in [-0.1, -0.05) is 24.3 Å². The first-order chi connectivity index (χ1) is 5.65. The van der Waals surface area contributed by atoms with Crippen LogP contribution in [0.3, 0.4) is 0 Å². The van der Waals surface area contributed by atoms with Crippen LogP contribution in [0.2, 0.25) is 0 Å². The zero-order valence-corrected chi connectivity index (χ0v) is 7.72. The summed E-state index contributed by atoms with van der Waals surface area (Å²) in [6.07, 6.45) is 6.51. The van der Waals surface area contributed by atoms with Crippen molar-refractivity contribution < 1.29 is 0 Å². The van der Waals surface area contributed by atoms with Gasteiger partial charge in [0.25, 0.3) is 0 Å². The Balaban J connectivity index is 2.74. The summed E-state index contributed by atoms with van der Waals surface area (Å²) < 4.78 is 0. The lowest BCUT2D eigenvalue weighted by Crippen LogP contribution is -2.16. The standard InChI is InChI=1S/C11H17N/c1-4-10-5-6-11(9(3)12)7-8(10)2/h4,7,10-11H,1,3,5-6,12H2,2H3. The van der Waals surface area contributed by atoms with E-state index in [1.165, 1.54) is 5.57 Å². The summed E-state index contributed by atoms with van der Waals surface area (Å²) in [5.74, 6) is 0.946. The quantitative estimate of drug-likeness (QED) is 0.622. The van der Waals surface area contributed by atoms with Crippen LogP contribution in [-0.2, 0) is 0 Å².